The highest BCUT2D eigenvalue weighted by atomic mass is 16.5. The molecule has 9 heteroatoms. The van der Waals surface area contributed by atoms with Gasteiger partial charge in [0, 0.05) is 31.3 Å². The average Bonchev–Trinajstić information content (AvgIpc) is 2.70. The summed E-state index contributed by atoms with van der Waals surface area (Å²) in [7, 11) is 3.11. The average molecular weight is 388 g/mol. The van der Waals surface area contributed by atoms with Crippen LogP contribution in [0.1, 0.15) is 18.4 Å². The standard InChI is InChI=1S/C19H24N4O5/c1-11-15-12(8-13(26-2)16(11)27-3)21-18(22-17(15)25)23-6-4-19(5-7-23)10-20-14(24)9-28-19/h8H,4-7,9-10H2,1-3H3,(H,20,24)(H,21,22,25). The van der Waals surface area contributed by atoms with Crippen LogP contribution in [0.3, 0.4) is 0 Å². The molecule has 0 unspecified atom stereocenters. The van der Waals surface area contributed by atoms with Gasteiger partial charge in [-0.05, 0) is 19.8 Å². The zero-order chi connectivity index (χ0) is 19.9. The van der Waals surface area contributed by atoms with Crippen LogP contribution in [0.15, 0.2) is 10.9 Å². The van der Waals surface area contributed by atoms with E-state index in [-0.39, 0.29) is 23.7 Å². The highest BCUT2D eigenvalue weighted by molar-refractivity contribution is 5.86. The summed E-state index contributed by atoms with van der Waals surface area (Å²) in [6.07, 6.45) is 1.50. The minimum atomic E-state index is -0.325. The van der Waals surface area contributed by atoms with E-state index in [2.05, 4.69) is 15.3 Å². The van der Waals surface area contributed by atoms with Crippen molar-refractivity contribution in [3.63, 3.8) is 0 Å². The largest absolute Gasteiger partial charge is 0.493 e. The van der Waals surface area contributed by atoms with Crippen molar-refractivity contribution in [1.29, 1.82) is 0 Å². The highest BCUT2D eigenvalue weighted by Crippen LogP contribution is 2.35. The van der Waals surface area contributed by atoms with Crippen molar-refractivity contribution in [2.75, 3.05) is 45.4 Å². The van der Waals surface area contributed by atoms with Crippen LogP contribution in [0.25, 0.3) is 10.9 Å². The molecule has 9 nitrogen and oxygen atoms in total. The summed E-state index contributed by atoms with van der Waals surface area (Å²) < 4.78 is 16.6. The Morgan fingerprint density at radius 2 is 1.96 bits per heavy atom. The first-order valence-electron chi connectivity index (χ1n) is 9.27. The smallest absolute Gasteiger partial charge is 0.282 e. The van der Waals surface area contributed by atoms with Crippen LogP contribution in [0.2, 0.25) is 0 Å². The van der Waals surface area contributed by atoms with Gasteiger partial charge in [0.15, 0.2) is 11.5 Å². The molecule has 150 valence electrons. The molecular formula is C19H24N4O5. The fraction of sp³-hybridized carbons (Fsp3) is 0.526. The van der Waals surface area contributed by atoms with E-state index >= 15 is 0 Å². The predicted molar refractivity (Wildman–Crippen MR) is 103 cm³/mol. The maximum absolute atomic E-state index is 12.7. The SMILES string of the molecule is COc1cc2[nH]c(N3CCC4(CC3)CNC(=O)CO4)nc(=O)c2c(C)c1OC. The van der Waals surface area contributed by atoms with E-state index in [1.54, 1.807) is 20.3 Å². The molecular weight excluding hydrogens is 364 g/mol. The number of anilines is 1. The van der Waals surface area contributed by atoms with Gasteiger partial charge in [0.2, 0.25) is 11.9 Å². The molecule has 1 aromatic heterocycles. The van der Waals surface area contributed by atoms with Gasteiger partial charge < -0.3 is 29.4 Å². The Labute approximate surface area is 162 Å². The number of nitrogens with zero attached hydrogens (tertiary/aromatic N) is 2. The molecule has 0 atom stereocenters. The summed E-state index contributed by atoms with van der Waals surface area (Å²) in [6.45, 7) is 3.80. The number of aryl methyl sites for hydroxylation is 1. The molecule has 2 saturated heterocycles. The van der Waals surface area contributed by atoms with Crippen LogP contribution in [-0.2, 0) is 9.53 Å². The van der Waals surface area contributed by atoms with Crippen LogP contribution in [-0.4, -0.2) is 61.9 Å². The van der Waals surface area contributed by atoms with Crippen LogP contribution < -0.4 is 25.2 Å². The number of morpholine rings is 1. The number of ether oxygens (including phenoxy) is 3. The first-order chi connectivity index (χ1) is 13.5. The second-order valence-electron chi connectivity index (χ2n) is 7.26. The quantitative estimate of drug-likeness (QED) is 0.799. The Morgan fingerprint density at radius 3 is 2.57 bits per heavy atom. The third kappa shape index (κ3) is 3.05. The molecule has 2 N–H and O–H groups in total. The predicted octanol–water partition coefficient (Wildman–Crippen LogP) is 0.734. The first-order valence-corrected chi connectivity index (χ1v) is 9.27. The number of hydrogen-bond acceptors (Lipinski definition) is 7. The van der Waals surface area contributed by atoms with Crippen molar-refractivity contribution < 1.29 is 19.0 Å². The third-order valence-electron chi connectivity index (χ3n) is 5.67. The minimum Gasteiger partial charge on any atom is -0.493 e. The summed E-state index contributed by atoms with van der Waals surface area (Å²) in [4.78, 5) is 33.7. The fourth-order valence-electron chi connectivity index (χ4n) is 4.03. The number of benzene rings is 1. The van der Waals surface area contributed by atoms with Gasteiger partial charge in [-0.15, -0.1) is 0 Å². The number of fused-ring (bicyclic) bond motifs is 1. The Kier molecular flexibility index (Phi) is 4.62. The Morgan fingerprint density at radius 1 is 1.21 bits per heavy atom. The van der Waals surface area contributed by atoms with Gasteiger partial charge in [0.05, 0.1) is 30.7 Å². The number of hydrogen-bond donors (Lipinski definition) is 2. The Hall–Kier alpha value is -2.81. The molecule has 4 rings (SSSR count). The van der Waals surface area contributed by atoms with Gasteiger partial charge in [-0.3, -0.25) is 9.59 Å². The van der Waals surface area contributed by atoms with E-state index in [0.29, 0.717) is 53.5 Å². The monoisotopic (exact) mass is 388 g/mol. The summed E-state index contributed by atoms with van der Waals surface area (Å²) in [5.74, 6) is 1.54. The van der Waals surface area contributed by atoms with E-state index in [1.165, 1.54) is 0 Å². The number of amides is 1. The molecule has 2 aromatic rings. The maximum atomic E-state index is 12.7. The van der Waals surface area contributed by atoms with E-state index in [4.69, 9.17) is 14.2 Å². The minimum absolute atomic E-state index is 0.0756. The summed E-state index contributed by atoms with van der Waals surface area (Å²) >= 11 is 0. The molecule has 1 spiro atoms. The van der Waals surface area contributed by atoms with Crippen molar-refractivity contribution in [2.45, 2.75) is 25.4 Å². The molecule has 0 aliphatic carbocycles. The van der Waals surface area contributed by atoms with E-state index in [1.807, 2.05) is 11.8 Å². The number of H-pyrrole nitrogens is 1. The number of methoxy groups -OCH3 is 2. The molecule has 2 aliphatic rings. The lowest BCUT2D eigenvalue weighted by molar-refractivity contribution is -0.146. The van der Waals surface area contributed by atoms with Gasteiger partial charge in [-0.1, -0.05) is 0 Å². The summed E-state index contributed by atoms with van der Waals surface area (Å²) in [5, 5.41) is 3.37. The molecule has 28 heavy (non-hydrogen) atoms. The third-order valence-corrected chi connectivity index (χ3v) is 5.67. The molecule has 0 bridgehead atoms. The Balaban J connectivity index is 1.63. The molecule has 1 aromatic carbocycles. The molecule has 0 saturated carbocycles. The van der Waals surface area contributed by atoms with Crippen LogP contribution in [0, 0.1) is 6.92 Å². The maximum Gasteiger partial charge on any atom is 0.282 e. The fourth-order valence-corrected chi connectivity index (χ4v) is 4.03. The lowest BCUT2D eigenvalue weighted by Gasteiger charge is -2.43. The van der Waals surface area contributed by atoms with E-state index in [0.717, 1.165) is 12.8 Å². The lowest BCUT2D eigenvalue weighted by atomic mass is 9.90. The number of aromatic amines is 1. The Bertz CT molecular complexity index is 966. The number of piperidine rings is 1. The molecule has 1 amide bonds. The van der Waals surface area contributed by atoms with Crippen molar-refractivity contribution in [3.8, 4) is 11.5 Å². The number of rotatable bonds is 3. The van der Waals surface area contributed by atoms with Gasteiger partial charge in [-0.25, -0.2) is 0 Å². The topological polar surface area (TPSA) is 106 Å². The normalized spacial score (nSPS) is 19.0. The number of carbonyl (C=O) groups excluding carboxylic acids is 1. The summed E-state index contributed by atoms with van der Waals surface area (Å²) in [6, 6.07) is 1.76. The van der Waals surface area contributed by atoms with Crippen molar-refractivity contribution in [1.82, 2.24) is 15.3 Å². The van der Waals surface area contributed by atoms with Crippen molar-refractivity contribution in [3.05, 3.63) is 22.0 Å². The molecule has 0 radical (unpaired) electrons. The number of carbonyl (C=O) groups is 1. The molecule has 2 aliphatic heterocycles. The first kappa shape index (κ1) is 18.5. The highest BCUT2D eigenvalue weighted by Gasteiger charge is 2.39. The van der Waals surface area contributed by atoms with E-state index in [9.17, 15) is 9.59 Å². The molecule has 2 fully saturated rings. The van der Waals surface area contributed by atoms with E-state index < -0.39 is 0 Å². The summed E-state index contributed by atoms with van der Waals surface area (Å²) in [5.41, 5.74) is 0.728. The second-order valence-corrected chi connectivity index (χ2v) is 7.26. The number of nitrogens with one attached hydrogen (secondary N) is 2. The van der Waals surface area contributed by atoms with Crippen molar-refractivity contribution >= 4 is 22.8 Å². The second kappa shape index (κ2) is 6.97. The number of aromatic nitrogens is 2. The zero-order valence-electron chi connectivity index (χ0n) is 16.3. The molecule has 3 heterocycles. The van der Waals surface area contributed by atoms with Gasteiger partial charge in [-0.2, -0.15) is 4.98 Å². The van der Waals surface area contributed by atoms with Crippen LogP contribution >= 0.6 is 0 Å². The van der Waals surface area contributed by atoms with Gasteiger partial charge >= 0.3 is 0 Å². The zero-order valence-corrected chi connectivity index (χ0v) is 16.3. The van der Waals surface area contributed by atoms with Gasteiger partial charge in [0.1, 0.15) is 6.61 Å². The lowest BCUT2D eigenvalue weighted by Crippen LogP contribution is -2.57. The van der Waals surface area contributed by atoms with Crippen LogP contribution in [0.4, 0.5) is 5.95 Å². The van der Waals surface area contributed by atoms with Gasteiger partial charge in [0.25, 0.3) is 5.56 Å². The van der Waals surface area contributed by atoms with Crippen LogP contribution in [0.5, 0.6) is 11.5 Å². The van der Waals surface area contributed by atoms with Crippen molar-refractivity contribution in [2.24, 2.45) is 0 Å².